The third-order valence-corrected chi connectivity index (χ3v) is 5.02. The standard InChI is InChI=1S/C22H24N4O2/c1-17-23-10-11-26(17)21-5-3-2-4-19(21)16-24-22(27)18-6-8-20(9-7-18)25-12-14-28-15-13-25/h2-11H,12-16H2,1H3,(H,24,27). The summed E-state index contributed by atoms with van der Waals surface area (Å²) in [5.41, 5.74) is 3.86. The number of carbonyl (C=O) groups is 1. The molecule has 0 radical (unpaired) electrons. The summed E-state index contributed by atoms with van der Waals surface area (Å²) in [6.07, 6.45) is 3.71. The molecule has 2 heterocycles. The molecule has 1 amide bonds. The van der Waals surface area contributed by atoms with Crippen LogP contribution in [-0.2, 0) is 11.3 Å². The number of hydrogen-bond acceptors (Lipinski definition) is 4. The van der Waals surface area contributed by atoms with Gasteiger partial charge in [0.05, 0.1) is 18.9 Å². The van der Waals surface area contributed by atoms with Gasteiger partial charge in [0.25, 0.3) is 5.91 Å². The summed E-state index contributed by atoms with van der Waals surface area (Å²) in [4.78, 5) is 19.2. The highest BCUT2D eigenvalue weighted by Crippen LogP contribution is 2.18. The number of nitrogens with one attached hydrogen (secondary N) is 1. The van der Waals surface area contributed by atoms with E-state index in [2.05, 4.69) is 15.2 Å². The number of anilines is 1. The molecule has 0 unspecified atom stereocenters. The maximum atomic E-state index is 12.6. The highest BCUT2D eigenvalue weighted by Gasteiger charge is 2.13. The van der Waals surface area contributed by atoms with Gasteiger partial charge in [-0.2, -0.15) is 0 Å². The number of hydrogen-bond donors (Lipinski definition) is 1. The lowest BCUT2D eigenvalue weighted by molar-refractivity contribution is 0.0951. The van der Waals surface area contributed by atoms with Gasteiger partial charge < -0.3 is 19.5 Å². The zero-order valence-electron chi connectivity index (χ0n) is 16.0. The lowest BCUT2D eigenvalue weighted by atomic mass is 10.1. The minimum atomic E-state index is -0.0781. The van der Waals surface area contributed by atoms with Crippen molar-refractivity contribution in [3.63, 3.8) is 0 Å². The molecule has 4 rings (SSSR count). The molecular formula is C22H24N4O2. The number of aromatic nitrogens is 2. The summed E-state index contributed by atoms with van der Waals surface area (Å²) in [6, 6.07) is 15.8. The second-order valence-corrected chi connectivity index (χ2v) is 6.80. The van der Waals surface area contributed by atoms with E-state index in [9.17, 15) is 4.79 Å². The van der Waals surface area contributed by atoms with Gasteiger partial charge in [-0.25, -0.2) is 4.98 Å². The predicted octanol–water partition coefficient (Wildman–Crippen LogP) is 2.95. The van der Waals surface area contributed by atoms with Crippen LogP contribution in [0.15, 0.2) is 60.9 Å². The van der Waals surface area contributed by atoms with Gasteiger partial charge in [-0.05, 0) is 42.8 Å². The van der Waals surface area contributed by atoms with Crippen LogP contribution in [0.1, 0.15) is 21.7 Å². The first kappa shape index (κ1) is 18.3. The van der Waals surface area contributed by atoms with Crippen molar-refractivity contribution >= 4 is 11.6 Å². The van der Waals surface area contributed by atoms with Crippen molar-refractivity contribution in [1.82, 2.24) is 14.9 Å². The third-order valence-electron chi connectivity index (χ3n) is 5.02. The van der Waals surface area contributed by atoms with Crippen LogP contribution in [0.25, 0.3) is 5.69 Å². The predicted molar refractivity (Wildman–Crippen MR) is 109 cm³/mol. The molecule has 0 spiro atoms. The van der Waals surface area contributed by atoms with Crippen molar-refractivity contribution in [2.45, 2.75) is 13.5 Å². The molecule has 1 saturated heterocycles. The number of benzene rings is 2. The average molecular weight is 376 g/mol. The van der Waals surface area contributed by atoms with Gasteiger partial charge >= 0.3 is 0 Å². The molecule has 0 aliphatic carbocycles. The monoisotopic (exact) mass is 376 g/mol. The summed E-state index contributed by atoms with van der Waals surface area (Å²) in [5.74, 6) is 0.836. The Morgan fingerprint density at radius 2 is 1.86 bits per heavy atom. The van der Waals surface area contributed by atoms with E-state index in [0.717, 1.165) is 49.1 Å². The summed E-state index contributed by atoms with van der Waals surface area (Å²) >= 11 is 0. The molecule has 1 aliphatic heterocycles. The smallest absolute Gasteiger partial charge is 0.251 e. The molecule has 1 N–H and O–H groups in total. The maximum absolute atomic E-state index is 12.6. The number of imidazole rings is 1. The van der Waals surface area contributed by atoms with E-state index in [4.69, 9.17) is 4.74 Å². The summed E-state index contributed by atoms with van der Waals surface area (Å²) in [6.45, 7) is 5.69. The van der Waals surface area contributed by atoms with Gasteiger partial charge in [0.2, 0.25) is 0 Å². The van der Waals surface area contributed by atoms with Crippen LogP contribution in [0, 0.1) is 6.92 Å². The fraction of sp³-hybridized carbons (Fsp3) is 0.273. The molecule has 0 bridgehead atoms. The van der Waals surface area contributed by atoms with Crippen LogP contribution in [-0.4, -0.2) is 41.8 Å². The zero-order valence-corrected chi connectivity index (χ0v) is 16.0. The molecule has 0 saturated carbocycles. The maximum Gasteiger partial charge on any atom is 0.251 e. The fourth-order valence-electron chi connectivity index (χ4n) is 3.45. The number of morpholine rings is 1. The van der Waals surface area contributed by atoms with Crippen LogP contribution in [0.2, 0.25) is 0 Å². The van der Waals surface area contributed by atoms with Gasteiger partial charge in [0.1, 0.15) is 5.82 Å². The minimum absolute atomic E-state index is 0.0781. The van der Waals surface area contributed by atoms with Crippen molar-refractivity contribution in [1.29, 1.82) is 0 Å². The van der Waals surface area contributed by atoms with E-state index in [1.807, 2.05) is 66.2 Å². The number of nitrogens with zero attached hydrogens (tertiary/aromatic N) is 3. The molecule has 6 nitrogen and oxygen atoms in total. The molecule has 1 aliphatic rings. The van der Waals surface area contributed by atoms with Crippen LogP contribution in [0.3, 0.4) is 0 Å². The molecule has 6 heteroatoms. The van der Waals surface area contributed by atoms with Crippen molar-refractivity contribution < 1.29 is 9.53 Å². The Hall–Kier alpha value is -3.12. The Bertz CT molecular complexity index is 943. The van der Waals surface area contributed by atoms with E-state index >= 15 is 0 Å². The molecule has 1 fully saturated rings. The number of para-hydroxylation sites is 1. The second kappa shape index (κ2) is 8.27. The summed E-state index contributed by atoms with van der Waals surface area (Å²) in [7, 11) is 0. The minimum Gasteiger partial charge on any atom is -0.378 e. The number of carbonyl (C=O) groups excluding carboxylic acids is 1. The lowest BCUT2D eigenvalue weighted by Crippen LogP contribution is -2.36. The van der Waals surface area contributed by atoms with Gasteiger partial charge in [-0.1, -0.05) is 18.2 Å². The Kier molecular flexibility index (Phi) is 5.39. The number of aryl methyl sites for hydroxylation is 1. The molecule has 2 aromatic carbocycles. The number of ether oxygens (including phenoxy) is 1. The molecule has 3 aromatic rings. The van der Waals surface area contributed by atoms with E-state index in [-0.39, 0.29) is 5.91 Å². The Balaban J connectivity index is 1.43. The molecular weight excluding hydrogens is 352 g/mol. The molecule has 1 aromatic heterocycles. The van der Waals surface area contributed by atoms with Crippen molar-refractivity contribution in [2.24, 2.45) is 0 Å². The number of rotatable bonds is 5. The first-order chi connectivity index (χ1) is 13.7. The first-order valence-corrected chi connectivity index (χ1v) is 9.51. The van der Waals surface area contributed by atoms with E-state index in [1.54, 1.807) is 6.20 Å². The Morgan fingerprint density at radius 3 is 2.57 bits per heavy atom. The first-order valence-electron chi connectivity index (χ1n) is 9.51. The zero-order chi connectivity index (χ0) is 19.3. The van der Waals surface area contributed by atoms with Crippen LogP contribution < -0.4 is 10.2 Å². The third kappa shape index (κ3) is 3.92. The van der Waals surface area contributed by atoms with Crippen LogP contribution in [0.5, 0.6) is 0 Å². The van der Waals surface area contributed by atoms with Crippen molar-refractivity contribution in [3.05, 3.63) is 77.9 Å². The van der Waals surface area contributed by atoms with Gasteiger partial charge in [-0.3, -0.25) is 4.79 Å². The van der Waals surface area contributed by atoms with Crippen molar-refractivity contribution in [3.8, 4) is 5.69 Å². The van der Waals surface area contributed by atoms with Gasteiger partial charge in [-0.15, -0.1) is 0 Å². The van der Waals surface area contributed by atoms with E-state index in [0.29, 0.717) is 12.1 Å². The molecule has 144 valence electrons. The van der Waals surface area contributed by atoms with Gasteiger partial charge in [0.15, 0.2) is 0 Å². The fourth-order valence-corrected chi connectivity index (χ4v) is 3.45. The topological polar surface area (TPSA) is 59.4 Å². The summed E-state index contributed by atoms with van der Waals surface area (Å²) < 4.78 is 7.42. The SMILES string of the molecule is Cc1nccn1-c1ccccc1CNC(=O)c1ccc(N2CCOCC2)cc1. The summed E-state index contributed by atoms with van der Waals surface area (Å²) in [5, 5.41) is 3.03. The Morgan fingerprint density at radius 1 is 1.11 bits per heavy atom. The molecule has 28 heavy (non-hydrogen) atoms. The van der Waals surface area contributed by atoms with Crippen molar-refractivity contribution in [2.75, 3.05) is 31.2 Å². The van der Waals surface area contributed by atoms with Crippen LogP contribution in [0.4, 0.5) is 5.69 Å². The van der Waals surface area contributed by atoms with E-state index < -0.39 is 0 Å². The Labute approximate surface area is 164 Å². The quantitative estimate of drug-likeness (QED) is 0.744. The van der Waals surface area contributed by atoms with Crippen LogP contribution >= 0.6 is 0 Å². The van der Waals surface area contributed by atoms with Gasteiger partial charge in [0, 0.05) is 43.3 Å². The largest absolute Gasteiger partial charge is 0.378 e. The highest BCUT2D eigenvalue weighted by molar-refractivity contribution is 5.94. The second-order valence-electron chi connectivity index (χ2n) is 6.80. The molecule has 0 atom stereocenters. The highest BCUT2D eigenvalue weighted by atomic mass is 16.5. The van der Waals surface area contributed by atoms with E-state index in [1.165, 1.54) is 0 Å². The average Bonchev–Trinajstić information content (AvgIpc) is 3.18. The normalized spacial score (nSPS) is 14.1. The number of amides is 1. The lowest BCUT2D eigenvalue weighted by Gasteiger charge is -2.28.